The van der Waals surface area contributed by atoms with Gasteiger partial charge in [0.25, 0.3) is 5.91 Å². The van der Waals surface area contributed by atoms with Crippen LogP contribution < -0.4 is 9.80 Å². The molecule has 3 heterocycles. The number of para-hydroxylation sites is 2. The van der Waals surface area contributed by atoms with Gasteiger partial charge in [0.05, 0.1) is 12.1 Å². The van der Waals surface area contributed by atoms with Crippen LogP contribution in [0.4, 0.5) is 16.2 Å². The Kier molecular flexibility index (Phi) is 7.20. The zero-order valence-electron chi connectivity index (χ0n) is 24.5. The average Bonchev–Trinajstić information content (AvgIpc) is 3.54. The van der Waals surface area contributed by atoms with Crippen molar-refractivity contribution in [2.45, 2.75) is 76.7 Å². The second-order valence-corrected chi connectivity index (χ2v) is 12.4. The summed E-state index contributed by atoms with van der Waals surface area (Å²) in [4.78, 5) is 59.0. The minimum atomic E-state index is -0.985. The second-order valence-electron chi connectivity index (χ2n) is 12.4. The molecule has 3 aromatic rings. The Balaban J connectivity index is 1.37. The van der Waals surface area contributed by atoms with Crippen LogP contribution in [0.3, 0.4) is 0 Å². The first-order valence-corrected chi connectivity index (χ1v) is 14.6. The molecule has 3 aliphatic rings. The van der Waals surface area contributed by atoms with E-state index < -0.39 is 35.8 Å². The number of nitrogens with zero attached hydrogens (tertiary/aromatic N) is 3. The molecular weight excluding hydrogens is 546 g/mol. The van der Waals surface area contributed by atoms with E-state index in [2.05, 4.69) is 0 Å². The van der Waals surface area contributed by atoms with Gasteiger partial charge in [0.1, 0.15) is 17.7 Å². The number of benzene rings is 3. The largest absolute Gasteiger partial charge is 0.481 e. The fourth-order valence-electron chi connectivity index (χ4n) is 6.56. The molecule has 9 nitrogen and oxygen atoms in total. The number of carbonyl (C=O) groups excluding carboxylic acids is 3. The highest BCUT2D eigenvalue weighted by Gasteiger charge is 2.48. The number of carboxylic acids is 1. The maximum Gasteiger partial charge on any atom is 0.415 e. The van der Waals surface area contributed by atoms with Gasteiger partial charge < -0.3 is 14.7 Å². The highest BCUT2D eigenvalue weighted by molar-refractivity contribution is 6.11. The number of amides is 3. The van der Waals surface area contributed by atoms with Crippen molar-refractivity contribution in [3.63, 3.8) is 0 Å². The highest BCUT2D eigenvalue weighted by atomic mass is 16.6. The molecule has 0 fully saturated rings. The predicted molar refractivity (Wildman–Crippen MR) is 161 cm³/mol. The number of anilines is 2. The van der Waals surface area contributed by atoms with Crippen molar-refractivity contribution in [1.29, 1.82) is 0 Å². The van der Waals surface area contributed by atoms with Crippen LogP contribution in [0, 0.1) is 0 Å². The lowest BCUT2D eigenvalue weighted by Gasteiger charge is -2.40. The summed E-state index contributed by atoms with van der Waals surface area (Å²) in [5, 5.41) is 9.70. The van der Waals surface area contributed by atoms with Crippen molar-refractivity contribution in [3.8, 4) is 0 Å². The molecule has 0 radical (unpaired) electrons. The van der Waals surface area contributed by atoms with Crippen LogP contribution >= 0.6 is 0 Å². The number of aliphatic carboxylic acids is 1. The van der Waals surface area contributed by atoms with Gasteiger partial charge in [-0.15, -0.1) is 0 Å². The van der Waals surface area contributed by atoms with Gasteiger partial charge in [-0.1, -0.05) is 60.7 Å². The summed E-state index contributed by atoms with van der Waals surface area (Å²) in [5.74, 6) is -1.66. The van der Waals surface area contributed by atoms with Gasteiger partial charge in [-0.25, -0.2) is 4.79 Å². The van der Waals surface area contributed by atoms with Gasteiger partial charge in [-0.2, -0.15) is 0 Å². The number of ether oxygens (including phenoxy) is 1. The summed E-state index contributed by atoms with van der Waals surface area (Å²) in [6, 6.07) is 20.2. The maximum atomic E-state index is 14.6. The van der Waals surface area contributed by atoms with Crippen LogP contribution in [0.25, 0.3) is 0 Å². The van der Waals surface area contributed by atoms with E-state index in [9.17, 15) is 24.3 Å². The van der Waals surface area contributed by atoms with Crippen LogP contribution in [0.2, 0.25) is 0 Å². The molecule has 1 N–H and O–H groups in total. The molecule has 0 bridgehead atoms. The lowest BCUT2D eigenvalue weighted by molar-refractivity contribution is -0.143. The number of hydrogen-bond donors (Lipinski definition) is 1. The minimum Gasteiger partial charge on any atom is -0.481 e. The van der Waals surface area contributed by atoms with Gasteiger partial charge in [0, 0.05) is 31.1 Å². The van der Waals surface area contributed by atoms with E-state index in [1.807, 2.05) is 66.7 Å². The Bertz CT molecular complexity index is 1610. The van der Waals surface area contributed by atoms with Crippen molar-refractivity contribution in [2.24, 2.45) is 0 Å². The third-order valence-corrected chi connectivity index (χ3v) is 8.40. The van der Waals surface area contributed by atoms with E-state index in [1.54, 1.807) is 31.7 Å². The Morgan fingerprint density at radius 1 is 0.721 bits per heavy atom. The van der Waals surface area contributed by atoms with Crippen molar-refractivity contribution in [2.75, 3.05) is 9.80 Å². The molecule has 222 valence electrons. The monoisotopic (exact) mass is 581 g/mol. The van der Waals surface area contributed by atoms with Gasteiger partial charge in [0.15, 0.2) is 0 Å². The third-order valence-electron chi connectivity index (χ3n) is 8.40. The molecule has 6 rings (SSSR count). The molecule has 3 aromatic carbocycles. The predicted octanol–water partition coefficient (Wildman–Crippen LogP) is 4.74. The topological polar surface area (TPSA) is 107 Å². The summed E-state index contributed by atoms with van der Waals surface area (Å²) >= 11 is 0. The van der Waals surface area contributed by atoms with E-state index in [0.717, 1.165) is 22.3 Å². The molecular formula is C34H35N3O6. The Morgan fingerprint density at radius 2 is 1.23 bits per heavy atom. The molecule has 0 aromatic heterocycles. The fraction of sp³-hybridized carbons (Fsp3) is 0.353. The van der Waals surface area contributed by atoms with E-state index in [4.69, 9.17) is 4.74 Å². The van der Waals surface area contributed by atoms with Crippen molar-refractivity contribution in [1.82, 2.24) is 4.90 Å². The molecule has 43 heavy (non-hydrogen) atoms. The fourth-order valence-corrected chi connectivity index (χ4v) is 6.56. The molecule has 9 heteroatoms. The molecule has 3 amide bonds. The normalized spacial score (nSPS) is 20.7. The number of carbonyl (C=O) groups is 4. The van der Waals surface area contributed by atoms with E-state index in [-0.39, 0.29) is 31.2 Å². The van der Waals surface area contributed by atoms with E-state index >= 15 is 0 Å². The summed E-state index contributed by atoms with van der Waals surface area (Å²) in [6.07, 6.45) is 0.182. The molecule has 0 aliphatic carbocycles. The molecule has 3 atom stereocenters. The van der Waals surface area contributed by atoms with Crippen molar-refractivity contribution in [3.05, 3.63) is 95.1 Å². The Morgan fingerprint density at radius 3 is 1.81 bits per heavy atom. The molecule has 0 spiro atoms. The van der Waals surface area contributed by atoms with Gasteiger partial charge >= 0.3 is 12.1 Å². The smallest absolute Gasteiger partial charge is 0.415 e. The first kappa shape index (κ1) is 28.5. The second kappa shape index (κ2) is 10.9. The van der Waals surface area contributed by atoms with Crippen molar-refractivity contribution < 1.29 is 29.0 Å². The van der Waals surface area contributed by atoms with Gasteiger partial charge in [0.2, 0.25) is 5.91 Å². The third kappa shape index (κ3) is 5.35. The van der Waals surface area contributed by atoms with E-state index in [1.165, 1.54) is 9.80 Å². The highest BCUT2D eigenvalue weighted by Crippen LogP contribution is 2.39. The quantitative estimate of drug-likeness (QED) is 0.477. The van der Waals surface area contributed by atoms with Crippen molar-refractivity contribution >= 4 is 35.3 Å². The first-order chi connectivity index (χ1) is 20.5. The standard InChI is InChI=1S/C34H35N3O6/c1-34(2,3)43-33(42)37-27-15-9-7-12-23(27)18-29(37)32(41)36-26-14-8-6-11-22(26)17-28(36)31(40)35-20-24-13-5-4-10-21(24)16-25(35)19-30(38)39/h4-15,25,28-29H,16-20H2,1-3H3,(H,38,39)/t25-,28-,29-/m1/s1. The van der Waals surface area contributed by atoms with Crippen LogP contribution in [-0.4, -0.2) is 57.6 Å². The van der Waals surface area contributed by atoms with Crippen LogP contribution in [0.1, 0.15) is 49.4 Å². The van der Waals surface area contributed by atoms with Gasteiger partial charge in [-0.3, -0.25) is 24.2 Å². The number of fused-ring (bicyclic) bond motifs is 3. The Labute approximate surface area is 250 Å². The first-order valence-electron chi connectivity index (χ1n) is 14.6. The summed E-state index contributed by atoms with van der Waals surface area (Å²) in [6.45, 7) is 5.60. The van der Waals surface area contributed by atoms with Gasteiger partial charge in [-0.05, 0) is 61.6 Å². The number of rotatable bonds is 4. The van der Waals surface area contributed by atoms with Crippen LogP contribution in [-0.2, 0) is 44.9 Å². The lowest BCUT2D eigenvalue weighted by atomic mass is 9.91. The summed E-state index contributed by atoms with van der Waals surface area (Å²) in [5.41, 5.74) is 4.14. The number of carboxylic acid groups (broad SMARTS) is 1. The zero-order valence-corrected chi connectivity index (χ0v) is 24.5. The SMILES string of the molecule is CC(C)(C)OC(=O)N1c2ccccc2C[C@@H]1C(=O)N1c2ccccc2C[C@@H]1C(=O)N1Cc2ccccc2C[C@@H]1CC(=O)O. The minimum absolute atomic E-state index is 0.196. The van der Waals surface area contributed by atoms with Crippen LogP contribution in [0.15, 0.2) is 72.8 Å². The summed E-state index contributed by atoms with van der Waals surface area (Å²) < 4.78 is 5.73. The Hall–Kier alpha value is -4.66. The lowest BCUT2D eigenvalue weighted by Crippen LogP contribution is -2.58. The zero-order chi connectivity index (χ0) is 30.5. The summed E-state index contributed by atoms with van der Waals surface area (Å²) in [7, 11) is 0. The molecule has 3 aliphatic heterocycles. The average molecular weight is 582 g/mol. The molecule has 0 saturated heterocycles. The van der Waals surface area contributed by atoms with Crippen LogP contribution in [0.5, 0.6) is 0 Å². The molecule has 0 unspecified atom stereocenters. The van der Waals surface area contributed by atoms with E-state index in [0.29, 0.717) is 24.2 Å². The molecule has 0 saturated carbocycles. The maximum absolute atomic E-state index is 14.6. The number of hydrogen-bond acceptors (Lipinski definition) is 5.